The Morgan fingerprint density at radius 2 is 2.17 bits per heavy atom. The number of nitrogens with zero attached hydrogens (tertiary/aromatic N) is 7. The number of rotatable bonds is 7. The number of fused-ring (bicyclic) bond motifs is 1. The van der Waals surface area contributed by atoms with Crippen LogP contribution in [0.5, 0.6) is 5.88 Å². The van der Waals surface area contributed by atoms with Crippen LogP contribution in [0.3, 0.4) is 0 Å². The molecule has 1 aliphatic rings. The first kappa shape index (κ1) is 20.0. The van der Waals surface area contributed by atoms with E-state index in [1.54, 1.807) is 16.9 Å². The van der Waals surface area contributed by atoms with Crippen molar-refractivity contribution in [1.29, 1.82) is 0 Å². The summed E-state index contributed by atoms with van der Waals surface area (Å²) in [7, 11) is 5.47. The van der Waals surface area contributed by atoms with Crippen molar-refractivity contribution >= 4 is 11.7 Å². The van der Waals surface area contributed by atoms with Gasteiger partial charge in [-0.2, -0.15) is 0 Å². The number of hydrogen-bond acceptors (Lipinski definition) is 7. The normalized spacial score (nSPS) is 15.4. The number of nitrogens with one attached hydrogen (secondary N) is 1. The summed E-state index contributed by atoms with van der Waals surface area (Å²) in [6.45, 7) is 3.60. The van der Waals surface area contributed by atoms with Gasteiger partial charge in [-0.1, -0.05) is 6.07 Å². The number of pyridine rings is 1. The summed E-state index contributed by atoms with van der Waals surface area (Å²) in [6, 6.07) is 5.80. The van der Waals surface area contributed by atoms with Crippen LogP contribution in [0.2, 0.25) is 0 Å². The number of amides is 1. The van der Waals surface area contributed by atoms with E-state index >= 15 is 0 Å². The van der Waals surface area contributed by atoms with Crippen LogP contribution in [-0.2, 0) is 13.0 Å². The molecule has 0 unspecified atom stereocenters. The Balaban J connectivity index is 1.54. The summed E-state index contributed by atoms with van der Waals surface area (Å²) >= 11 is 0. The van der Waals surface area contributed by atoms with Gasteiger partial charge in [0.15, 0.2) is 5.82 Å². The highest BCUT2D eigenvalue weighted by Gasteiger charge is 2.25. The molecule has 0 saturated heterocycles. The summed E-state index contributed by atoms with van der Waals surface area (Å²) in [5, 5.41) is 15.7. The molecule has 30 heavy (non-hydrogen) atoms. The molecule has 10 nitrogen and oxygen atoms in total. The van der Waals surface area contributed by atoms with E-state index in [9.17, 15) is 4.79 Å². The molecule has 0 radical (unpaired) electrons. The molecule has 1 aliphatic heterocycles. The van der Waals surface area contributed by atoms with E-state index in [1.165, 1.54) is 7.11 Å². The lowest BCUT2D eigenvalue weighted by molar-refractivity contribution is 0.102. The molecule has 0 aliphatic carbocycles. The second kappa shape index (κ2) is 8.23. The highest BCUT2D eigenvalue weighted by atomic mass is 16.5. The van der Waals surface area contributed by atoms with Gasteiger partial charge in [0.1, 0.15) is 22.9 Å². The zero-order valence-electron chi connectivity index (χ0n) is 17.7. The number of anilines is 1. The quantitative estimate of drug-likeness (QED) is 0.634. The van der Waals surface area contributed by atoms with E-state index in [4.69, 9.17) is 4.74 Å². The molecular formula is C20H26N8O2. The Bertz CT molecular complexity index is 1060. The first-order valence-corrected chi connectivity index (χ1v) is 9.95. The zero-order valence-corrected chi connectivity index (χ0v) is 17.7. The van der Waals surface area contributed by atoms with Gasteiger partial charge in [0.05, 0.1) is 13.7 Å². The van der Waals surface area contributed by atoms with Crippen molar-refractivity contribution in [3.8, 4) is 17.4 Å². The summed E-state index contributed by atoms with van der Waals surface area (Å²) in [5.41, 5.74) is 1.04. The van der Waals surface area contributed by atoms with Crippen LogP contribution in [0, 0.1) is 0 Å². The number of aryl methyl sites for hydroxylation is 1. The molecule has 4 rings (SSSR count). The average molecular weight is 410 g/mol. The number of aromatic nitrogens is 6. The van der Waals surface area contributed by atoms with Gasteiger partial charge in [-0.05, 0) is 39.6 Å². The van der Waals surface area contributed by atoms with Crippen molar-refractivity contribution in [2.24, 2.45) is 0 Å². The second-order valence-electron chi connectivity index (χ2n) is 7.68. The lowest BCUT2D eigenvalue weighted by atomic mass is 10.2. The van der Waals surface area contributed by atoms with Crippen LogP contribution in [-0.4, -0.2) is 68.1 Å². The minimum absolute atomic E-state index is 0.284. The molecule has 1 atom stereocenters. The SMILES string of the molecule is COc1nn(CCN(C)C)cc1C(=O)Nc1cccc(-c2nnc3n2[C@H](C)CC3)n1. The van der Waals surface area contributed by atoms with E-state index in [0.717, 1.165) is 31.0 Å². The van der Waals surface area contributed by atoms with Gasteiger partial charge in [0, 0.05) is 25.2 Å². The molecule has 3 aromatic rings. The van der Waals surface area contributed by atoms with Crippen LogP contribution >= 0.6 is 0 Å². The van der Waals surface area contributed by atoms with E-state index in [1.807, 2.05) is 31.1 Å². The third-order valence-corrected chi connectivity index (χ3v) is 5.15. The van der Waals surface area contributed by atoms with Crippen molar-refractivity contribution < 1.29 is 9.53 Å². The Hall–Kier alpha value is -3.27. The Kier molecular flexibility index (Phi) is 5.49. The number of methoxy groups -OCH3 is 1. The van der Waals surface area contributed by atoms with E-state index < -0.39 is 0 Å². The van der Waals surface area contributed by atoms with E-state index in [-0.39, 0.29) is 11.8 Å². The van der Waals surface area contributed by atoms with E-state index in [2.05, 4.69) is 37.1 Å². The zero-order chi connectivity index (χ0) is 21.3. The fourth-order valence-corrected chi connectivity index (χ4v) is 3.54. The fraction of sp³-hybridized carbons (Fsp3) is 0.450. The minimum Gasteiger partial charge on any atom is -0.479 e. The molecule has 1 amide bonds. The monoisotopic (exact) mass is 410 g/mol. The summed E-state index contributed by atoms with van der Waals surface area (Å²) in [6.07, 6.45) is 3.66. The third-order valence-electron chi connectivity index (χ3n) is 5.15. The third kappa shape index (κ3) is 3.90. The molecule has 0 fully saturated rings. The fourth-order valence-electron chi connectivity index (χ4n) is 3.54. The van der Waals surface area contributed by atoms with Crippen molar-refractivity contribution in [2.45, 2.75) is 32.4 Å². The lowest BCUT2D eigenvalue weighted by Crippen LogP contribution is -2.18. The largest absolute Gasteiger partial charge is 0.479 e. The molecule has 4 heterocycles. The predicted octanol–water partition coefficient (Wildman–Crippen LogP) is 1.87. The molecule has 0 saturated carbocycles. The molecule has 0 bridgehead atoms. The second-order valence-corrected chi connectivity index (χ2v) is 7.68. The van der Waals surface area contributed by atoms with Gasteiger partial charge in [0.2, 0.25) is 5.88 Å². The Morgan fingerprint density at radius 1 is 1.33 bits per heavy atom. The standard InChI is InChI=1S/C20H26N8O2/c1-13-8-9-17-23-24-18(28(13)17)15-6-5-7-16(21-15)22-19(29)14-12-27(11-10-26(2)3)25-20(14)30-4/h5-7,12-13H,8-11H2,1-4H3,(H,21,22,29)/t13-/m1/s1. The van der Waals surface area contributed by atoms with Gasteiger partial charge < -0.3 is 19.5 Å². The first-order valence-electron chi connectivity index (χ1n) is 9.95. The van der Waals surface area contributed by atoms with Gasteiger partial charge in [-0.25, -0.2) is 4.98 Å². The number of carbonyl (C=O) groups is 1. The molecule has 158 valence electrons. The Labute approximate surface area is 174 Å². The summed E-state index contributed by atoms with van der Waals surface area (Å²) in [5.74, 6) is 2.09. The highest BCUT2D eigenvalue weighted by Crippen LogP contribution is 2.30. The van der Waals surface area contributed by atoms with Crippen LogP contribution in [0.15, 0.2) is 24.4 Å². The van der Waals surface area contributed by atoms with Gasteiger partial charge >= 0.3 is 0 Å². The highest BCUT2D eigenvalue weighted by molar-refractivity contribution is 6.05. The van der Waals surface area contributed by atoms with Crippen LogP contribution < -0.4 is 10.1 Å². The summed E-state index contributed by atoms with van der Waals surface area (Å²) in [4.78, 5) is 19.5. The van der Waals surface area contributed by atoms with Crippen molar-refractivity contribution in [3.05, 3.63) is 35.8 Å². The Morgan fingerprint density at radius 3 is 2.93 bits per heavy atom. The molecule has 0 aromatic carbocycles. The van der Waals surface area contributed by atoms with Gasteiger partial charge in [-0.3, -0.25) is 9.48 Å². The van der Waals surface area contributed by atoms with E-state index in [0.29, 0.717) is 29.7 Å². The first-order chi connectivity index (χ1) is 14.5. The number of hydrogen-bond donors (Lipinski definition) is 1. The molecule has 3 aromatic heterocycles. The topological polar surface area (TPSA) is 103 Å². The molecule has 0 spiro atoms. The van der Waals surface area contributed by atoms with Gasteiger partial charge in [-0.15, -0.1) is 15.3 Å². The maximum atomic E-state index is 12.9. The maximum absolute atomic E-state index is 12.9. The summed E-state index contributed by atoms with van der Waals surface area (Å²) < 4.78 is 9.11. The van der Waals surface area contributed by atoms with Crippen LogP contribution in [0.25, 0.3) is 11.5 Å². The molecule has 10 heteroatoms. The maximum Gasteiger partial charge on any atom is 0.263 e. The van der Waals surface area contributed by atoms with Crippen LogP contribution in [0.4, 0.5) is 5.82 Å². The smallest absolute Gasteiger partial charge is 0.263 e. The lowest BCUT2D eigenvalue weighted by Gasteiger charge is -2.10. The minimum atomic E-state index is -0.326. The number of ether oxygens (including phenoxy) is 1. The number of carbonyl (C=O) groups excluding carboxylic acids is 1. The van der Waals surface area contributed by atoms with Crippen molar-refractivity contribution in [3.63, 3.8) is 0 Å². The van der Waals surface area contributed by atoms with Crippen molar-refractivity contribution in [1.82, 2.24) is 34.4 Å². The predicted molar refractivity (Wildman–Crippen MR) is 112 cm³/mol. The van der Waals surface area contributed by atoms with Crippen molar-refractivity contribution in [2.75, 3.05) is 33.1 Å². The average Bonchev–Trinajstić information content (AvgIpc) is 3.42. The van der Waals surface area contributed by atoms with Crippen LogP contribution in [0.1, 0.15) is 35.6 Å². The van der Waals surface area contributed by atoms with Gasteiger partial charge in [0.25, 0.3) is 5.91 Å². The molecule has 1 N–H and O–H groups in total. The number of likely N-dealkylation sites (N-methyl/N-ethyl adjacent to an activating group) is 1. The molecular weight excluding hydrogens is 384 g/mol.